The summed E-state index contributed by atoms with van der Waals surface area (Å²) >= 11 is 0. The number of rotatable bonds is 18. The van der Waals surface area contributed by atoms with E-state index in [4.69, 9.17) is 5.26 Å². The first-order valence-electron chi connectivity index (χ1n) is 16.7. The first kappa shape index (κ1) is 41.5. The molecule has 2 aromatic rings. The molecule has 3 amide bonds. The second kappa shape index (κ2) is 20.1. The van der Waals surface area contributed by atoms with E-state index < -0.39 is 41.9 Å². The van der Waals surface area contributed by atoms with Crippen molar-refractivity contribution in [2.45, 2.75) is 97.7 Å². The Hall–Kier alpha value is -5.65. The standard InChI is InChI=1S/C36H49N7O8/c1-22(2)18-29(32(47)43-28(34(50)51)9-7-6-8-27(33(48)49)41-31(46)20-36(3,4)5)42-30(45)19-23-10-12-24(13-11-23)39-35(38-21-37)40-25-14-16-26(44)17-15-25/h10-17,22,27-29,44H,6-9,18-20H2,1-5H3,(H,41,46)(H,42,45)(H,43,47)(H,48,49)(H,50,51)(H2,38,39,40). The largest absolute Gasteiger partial charge is 0.508 e. The van der Waals surface area contributed by atoms with E-state index in [0.29, 0.717) is 23.4 Å². The van der Waals surface area contributed by atoms with Crippen LogP contribution in [0.5, 0.6) is 5.75 Å². The summed E-state index contributed by atoms with van der Waals surface area (Å²) < 4.78 is 0. The number of carboxylic acid groups (broad SMARTS) is 2. The smallest absolute Gasteiger partial charge is 0.326 e. The molecule has 51 heavy (non-hydrogen) atoms. The molecule has 0 saturated carbocycles. The van der Waals surface area contributed by atoms with Gasteiger partial charge in [-0.15, -0.1) is 0 Å². The van der Waals surface area contributed by atoms with Crippen LogP contribution in [0.1, 0.15) is 78.7 Å². The van der Waals surface area contributed by atoms with E-state index in [0.717, 1.165) is 0 Å². The van der Waals surface area contributed by atoms with Gasteiger partial charge in [-0.3, -0.25) is 19.7 Å². The summed E-state index contributed by atoms with van der Waals surface area (Å²) in [5.74, 6) is -3.70. The van der Waals surface area contributed by atoms with Gasteiger partial charge in [0.15, 0.2) is 6.19 Å². The van der Waals surface area contributed by atoms with E-state index >= 15 is 0 Å². The molecular weight excluding hydrogens is 658 g/mol. The van der Waals surface area contributed by atoms with Crippen molar-refractivity contribution in [2.75, 3.05) is 5.32 Å². The van der Waals surface area contributed by atoms with Crippen molar-refractivity contribution in [1.29, 1.82) is 5.26 Å². The van der Waals surface area contributed by atoms with E-state index in [9.17, 15) is 39.3 Å². The summed E-state index contributed by atoms with van der Waals surface area (Å²) in [6, 6.07) is 9.45. The number of hydrogen-bond donors (Lipinski definition) is 8. The Bertz CT molecular complexity index is 1560. The highest BCUT2D eigenvalue weighted by Gasteiger charge is 2.28. The number of aliphatic carboxylic acids is 2. The maximum Gasteiger partial charge on any atom is 0.326 e. The molecule has 0 radical (unpaired) electrons. The summed E-state index contributed by atoms with van der Waals surface area (Å²) in [4.78, 5) is 66.5. The monoisotopic (exact) mass is 707 g/mol. The van der Waals surface area contributed by atoms with Gasteiger partial charge in [0, 0.05) is 12.1 Å². The van der Waals surface area contributed by atoms with Gasteiger partial charge in [-0.1, -0.05) is 59.6 Å². The van der Waals surface area contributed by atoms with Crippen molar-refractivity contribution in [3.05, 3.63) is 54.1 Å². The van der Waals surface area contributed by atoms with Crippen molar-refractivity contribution < 1.29 is 39.3 Å². The molecule has 3 unspecified atom stereocenters. The summed E-state index contributed by atoms with van der Waals surface area (Å²) in [6.07, 6.45) is 2.85. The minimum absolute atomic E-state index is 0.00526. The number of carbonyl (C=O) groups is 5. The van der Waals surface area contributed by atoms with Crippen LogP contribution in [-0.4, -0.2) is 69.1 Å². The van der Waals surface area contributed by atoms with Crippen molar-refractivity contribution in [2.24, 2.45) is 16.3 Å². The fourth-order valence-electron chi connectivity index (χ4n) is 4.98. The van der Waals surface area contributed by atoms with Gasteiger partial charge < -0.3 is 36.6 Å². The van der Waals surface area contributed by atoms with Crippen molar-refractivity contribution in [1.82, 2.24) is 21.3 Å². The van der Waals surface area contributed by atoms with Gasteiger partial charge in [-0.05, 0) is 72.6 Å². The topological polar surface area (TPSA) is 242 Å². The van der Waals surface area contributed by atoms with Crippen LogP contribution in [0.4, 0.5) is 11.4 Å². The second-order valence-corrected chi connectivity index (χ2v) is 13.8. The molecule has 0 bridgehead atoms. The van der Waals surface area contributed by atoms with Crippen LogP contribution in [0, 0.1) is 22.8 Å². The molecule has 0 aromatic heterocycles. The zero-order valence-electron chi connectivity index (χ0n) is 29.7. The molecule has 0 aliphatic carbocycles. The Labute approximate surface area is 297 Å². The summed E-state index contributed by atoms with van der Waals surface area (Å²) in [7, 11) is 0. The van der Waals surface area contributed by atoms with Gasteiger partial charge in [-0.25, -0.2) is 14.6 Å². The SMILES string of the molecule is CC(C)CC(NC(=O)Cc1ccc(N=C(NC#N)Nc2ccc(O)cc2)cc1)C(=O)NC(CCCCC(NC(=O)CC(C)(C)C)C(=O)O)C(=O)O. The number of phenolic OH excluding ortho intramolecular Hbond substituents is 1. The fourth-order valence-corrected chi connectivity index (χ4v) is 4.98. The van der Waals surface area contributed by atoms with Crippen molar-refractivity contribution >= 4 is 47.0 Å². The Morgan fingerprint density at radius 2 is 1.35 bits per heavy atom. The minimum Gasteiger partial charge on any atom is -0.508 e. The molecule has 0 aliphatic rings. The van der Waals surface area contributed by atoms with E-state index in [1.54, 1.807) is 42.6 Å². The van der Waals surface area contributed by atoms with Gasteiger partial charge in [0.25, 0.3) is 0 Å². The average Bonchev–Trinajstić information content (AvgIpc) is 3.02. The van der Waals surface area contributed by atoms with Gasteiger partial charge in [0.1, 0.15) is 23.9 Å². The number of nitrogens with one attached hydrogen (secondary N) is 5. The maximum absolute atomic E-state index is 13.2. The van der Waals surface area contributed by atoms with Crippen LogP contribution >= 0.6 is 0 Å². The maximum atomic E-state index is 13.2. The molecule has 3 atom stereocenters. The molecule has 8 N–H and O–H groups in total. The number of carbonyl (C=O) groups excluding carboxylic acids is 3. The number of amides is 3. The van der Waals surface area contributed by atoms with Gasteiger partial charge in [-0.2, -0.15) is 5.26 Å². The summed E-state index contributed by atoms with van der Waals surface area (Å²) in [5, 5.41) is 51.0. The van der Waals surface area contributed by atoms with E-state index in [-0.39, 0.29) is 67.5 Å². The Morgan fingerprint density at radius 1 is 0.804 bits per heavy atom. The quantitative estimate of drug-likeness (QED) is 0.0277. The van der Waals surface area contributed by atoms with Gasteiger partial charge in [0.05, 0.1) is 12.1 Å². The number of aliphatic imine (C=N–C) groups is 1. The fraction of sp³-hybridized carbons (Fsp3) is 0.472. The highest BCUT2D eigenvalue weighted by molar-refractivity contribution is 5.96. The van der Waals surface area contributed by atoms with E-state index in [1.165, 1.54) is 12.1 Å². The molecule has 276 valence electrons. The van der Waals surface area contributed by atoms with Crippen molar-refractivity contribution in [3.63, 3.8) is 0 Å². The lowest BCUT2D eigenvalue weighted by atomic mass is 9.91. The third-order valence-electron chi connectivity index (χ3n) is 7.38. The number of carboxylic acids is 2. The summed E-state index contributed by atoms with van der Waals surface area (Å²) in [5.41, 5.74) is 1.36. The summed E-state index contributed by atoms with van der Waals surface area (Å²) in [6.45, 7) is 9.33. The van der Waals surface area contributed by atoms with Crippen LogP contribution in [0.25, 0.3) is 0 Å². The first-order valence-corrected chi connectivity index (χ1v) is 16.7. The lowest BCUT2D eigenvalue weighted by molar-refractivity contribution is -0.143. The number of benzene rings is 2. The van der Waals surface area contributed by atoms with Gasteiger partial charge >= 0.3 is 11.9 Å². The number of nitriles is 1. The predicted octanol–water partition coefficient (Wildman–Crippen LogP) is 3.77. The predicted molar refractivity (Wildman–Crippen MR) is 191 cm³/mol. The van der Waals surface area contributed by atoms with Crippen LogP contribution in [0.2, 0.25) is 0 Å². The van der Waals surface area contributed by atoms with E-state index in [2.05, 4.69) is 31.6 Å². The average molecular weight is 708 g/mol. The third-order valence-corrected chi connectivity index (χ3v) is 7.38. The number of aromatic hydroxyl groups is 1. The Morgan fingerprint density at radius 3 is 1.86 bits per heavy atom. The number of unbranched alkanes of at least 4 members (excludes halogenated alkanes) is 1. The van der Waals surface area contributed by atoms with E-state index in [1.807, 2.05) is 34.6 Å². The highest BCUT2D eigenvalue weighted by atomic mass is 16.4. The lowest BCUT2D eigenvalue weighted by Gasteiger charge is -2.23. The first-order chi connectivity index (χ1) is 23.9. The minimum atomic E-state index is -1.26. The number of phenols is 1. The molecule has 0 fully saturated rings. The van der Waals surface area contributed by atoms with Crippen LogP contribution in [0.3, 0.4) is 0 Å². The molecule has 15 nitrogen and oxygen atoms in total. The molecule has 0 heterocycles. The number of hydrogen-bond acceptors (Lipinski definition) is 8. The Balaban J connectivity index is 1.98. The number of anilines is 1. The zero-order valence-corrected chi connectivity index (χ0v) is 29.7. The normalized spacial score (nSPS) is 13.2. The molecule has 15 heteroatoms. The molecule has 0 saturated heterocycles. The number of guanidine groups is 1. The van der Waals surface area contributed by atoms with Crippen LogP contribution in [-0.2, 0) is 30.4 Å². The highest BCUT2D eigenvalue weighted by Crippen LogP contribution is 2.19. The lowest BCUT2D eigenvalue weighted by Crippen LogP contribution is -2.52. The molecular formula is C36H49N7O8. The Kier molecular flexibility index (Phi) is 16.4. The zero-order chi connectivity index (χ0) is 38.1. The van der Waals surface area contributed by atoms with Crippen molar-refractivity contribution in [3.8, 4) is 11.9 Å². The van der Waals surface area contributed by atoms with Gasteiger partial charge in [0.2, 0.25) is 23.7 Å². The molecule has 0 spiro atoms. The van der Waals surface area contributed by atoms with Crippen LogP contribution in [0.15, 0.2) is 53.5 Å². The molecule has 2 aromatic carbocycles. The number of nitrogens with zero attached hydrogens (tertiary/aromatic N) is 2. The third kappa shape index (κ3) is 16.5. The molecule has 0 aliphatic heterocycles. The van der Waals surface area contributed by atoms with Crippen LogP contribution < -0.4 is 26.6 Å². The molecule has 2 rings (SSSR count). The second-order valence-electron chi connectivity index (χ2n) is 13.8.